The van der Waals surface area contributed by atoms with Gasteiger partial charge < -0.3 is 20.9 Å². The van der Waals surface area contributed by atoms with Crippen molar-refractivity contribution in [2.45, 2.75) is 56.5 Å². The third-order valence-electron chi connectivity index (χ3n) is 8.26. The number of primary amides is 1. The monoisotopic (exact) mass is 538 g/mol. The number of aromatic amines is 1. The minimum Gasteiger partial charge on any atom is -0.368 e. The molecule has 9 heteroatoms. The molecule has 0 spiro atoms. The van der Waals surface area contributed by atoms with Crippen LogP contribution in [0.4, 0.5) is 13.2 Å². The Morgan fingerprint density at radius 2 is 1.67 bits per heavy atom. The van der Waals surface area contributed by atoms with E-state index in [4.69, 9.17) is 5.73 Å². The number of rotatable bonds is 7. The summed E-state index contributed by atoms with van der Waals surface area (Å²) < 4.78 is 40.0. The summed E-state index contributed by atoms with van der Waals surface area (Å²) in [4.78, 5) is 30.0. The van der Waals surface area contributed by atoms with Crippen molar-refractivity contribution in [3.63, 3.8) is 0 Å². The Kier molecular flexibility index (Phi) is 8.07. The largest absolute Gasteiger partial charge is 0.368 e. The van der Waals surface area contributed by atoms with Crippen LogP contribution < -0.4 is 11.1 Å². The van der Waals surface area contributed by atoms with Crippen molar-refractivity contribution in [3.8, 4) is 0 Å². The molecule has 1 atom stereocenters. The second kappa shape index (κ2) is 11.7. The van der Waals surface area contributed by atoms with Gasteiger partial charge in [-0.3, -0.25) is 9.59 Å². The molecule has 0 bridgehead atoms. The topological polar surface area (TPSA) is 91.2 Å². The van der Waals surface area contributed by atoms with Crippen LogP contribution in [0.25, 0.3) is 17.0 Å². The van der Waals surface area contributed by atoms with Gasteiger partial charge >= 0.3 is 0 Å². The average molecular weight is 539 g/mol. The molecule has 6 nitrogen and oxygen atoms in total. The molecule has 39 heavy (non-hydrogen) atoms. The first kappa shape index (κ1) is 27.0. The highest BCUT2D eigenvalue weighted by atomic mass is 19.2. The highest BCUT2D eigenvalue weighted by molar-refractivity contribution is 5.92. The van der Waals surface area contributed by atoms with Crippen LogP contribution in [-0.4, -0.2) is 46.9 Å². The van der Waals surface area contributed by atoms with Crippen LogP contribution >= 0.6 is 0 Å². The molecule has 5 rings (SSSR count). The van der Waals surface area contributed by atoms with E-state index in [1.54, 1.807) is 4.90 Å². The number of carbonyl (C=O) groups is 2. The van der Waals surface area contributed by atoms with E-state index in [2.05, 4.69) is 34.7 Å². The van der Waals surface area contributed by atoms with Gasteiger partial charge in [0.25, 0.3) is 0 Å². The number of benzene rings is 2. The van der Waals surface area contributed by atoms with Crippen LogP contribution in [0.3, 0.4) is 0 Å². The molecule has 1 aliphatic carbocycles. The molecule has 1 saturated heterocycles. The lowest BCUT2D eigenvalue weighted by molar-refractivity contribution is -0.128. The Balaban J connectivity index is 1.13. The lowest BCUT2D eigenvalue weighted by Crippen LogP contribution is -2.54. The van der Waals surface area contributed by atoms with Gasteiger partial charge in [-0.25, -0.2) is 13.2 Å². The Labute approximate surface area is 225 Å². The number of aromatic nitrogens is 1. The van der Waals surface area contributed by atoms with E-state index < -0.39 is 23.5 Å². The summed E-state index contributed by atoms with van der Waals surface area (Å²) in [5.41, 5.74) is 8.38. The third kappa shape index (κ3) is 6.03. The van der Waals surface area contributed by atoms with Gasteiger partial charge in [0.05, 0.1) is 6.04 Å². The number of amides is 2. The Bertz CT molecular complexity index is 1350. The molecule has 3 aromatic rings. The fourth-order valence-electron chi connectivity index (χ4n) is 6.10. The van der Waals surface area contributed by atoms with Crippen LogP contribution in [0, 0.1) is 23.4 Å². The first-order valence-electron chi connectivity index (χ1n) is 13.5. The number of nitrogens with two attached hydrogens (primary N) is 1. The molecule has 0 unspecified atom stereocenters. The summed E-state index contributed by atoms with van der Waals surface area (Å²) in [6.45, 7) is 0.886. The number of para-hydroxylation sites is 1. The quantitative estimate of drug-likeness (QED) is 0.292. The SMILES string of the molecule is NC(=O)[C@H](N[C@H]1CC[C@H](c2c[nH]c3ccccc32)CC1)C1CCN(C(=O)/C=C/c2cc(F)c(F)c(F)c2)CC1. The van der Waals surface area contributed by atoms with Crippen molar-refractivity contribution < 1.29 is 22.8 Å². The van der Waals surface area contributed by atoms with E-state index in [-0.39, 0.29) is 29.3 Å². The van der Waals surface area contributed by atoms with E-state index in [9.17, 15) is 22.8 Å². The van der Waals surface area contributed by atoms with Crippen molar-refractivity contribution >= 4 is 28.8 Å². The van der Waals surface area contributed by atoms with E-state index in [1.807, 2.05) is 6.07 Å². The van der Waals surface area contributed by atoms with Crippen molar-refractivity contribution in [2.75, 3.05) is 13.1 Å². The molecule has 0 radical (unpaired) electrons. The van der Waals surface area contributed by atoms with Crippen LogP contribution in [0.15, 0.2) is 48.7 Å². The summed E-state index contributed by atoms with van der Waals surface area (Å²) in [7, 11) is 0. The van der Waals surface area contributed by atoms with Gasteiger partial charge in [-0.15, -0.1) is 0 Å². The Hall–Kier alpha value is -3.59. The maximum Gasteiger partial charge on any atom is 0.246 e. The fourth-order valence-corrected chi connectivity index (χ4v) is 6.10. The molecule has 2 fully saturated rings. The van der Waals surface area contributed by atoms with E-state index in [0.717, 1.165) is 43.3 Å². The van der Waals surface area contributed by atoms with Crippen molar-refractivity contribution in [1.82, 2.24) is 15.2 Å². The average Bonchev–Trinajstić information content (AvgIpc) is 3.38. The minimum absolute atomic E-state index is 0.0159. The molecule has 1 aliphatic heterocycles. The lowest BCUT2D eigenvalue weighted by Gasteiger charge is -2.38. The standard InChI is InChI=1S/C30H33F3N4O2/c31-24-15-18(16-25(32)28(24)33)5-10-27(38)37-13-11-20(12-14-37)29(30(34)39)36-21-8-6-19(7-9-21)23-17-35-26-4-2-1-3-22(23)26/h1-5,10,15-17,19-21,29,35-36H,6-9,11-14H2,(H2,34,39)/b10-5+/t19-,21-,29-/m1/s1. The Morgan fingerprint density at radius 3 is 2.33 bits per heavy atom. The molecule has 1 aromatic heterocycles. The minimum atomic E-state index is -1.54. The number of fused-ring (bicyclic) bond motifs is 1. The first-order chi connectivity index (χ1) is 18.8. The van der Waals surface area contributed by atoms with Crippen molar-refractivity contribution in [3.05, 3.63) is 77.2 Å². The number of hydrogen-bond donors (Lipinski definition) is 3. The van der Waals surface area contributed by atoms with Crippen LogP contribution in [0.1, 0.15) is 55.6 Å². The number of carbonyl (C=O) groups excluding carboxylic acids is 2. The molecule has 2 amide bonds. The van der Waals surface area contributed by atoms with Gasteiger partial charge in [-0.2, -0.15) is 0 Å². The summed E-state index contributed by atoms with van der Waals surface area (Å²) in [5.74, 6) is -4.34. The Morgan fingerprint density at radius 1 is 1.00 bits per heavy atom. The summed E-state index contributed by atoms with van der Waals surface area (Å²) in [6, 6.07) is 9.77. The first-order valence-corrected chi connectivity index (χ1v) is 13.5. The second-order valence-corrected chi connectivity index (χ2v) is 10.7. The van der Waals surface area contributed by atoms with Gasteiger partial charge in [-0.1, -0.05) is 18.2 Å². The second-order valence-electron chi connectivity index (χ2n) is 10.7. The zero-order valence-corrected chi connectivity index (χ0v) is 21.6. The number of nitrogens with zero attached hydrogens (tertiary/aromatic N) is 1. The van der Waals surface area contributed by atoms with Gasteiger partial charge in [0.15, 0.2) is 17.5 Å². The maximum atomic E-state index is 13.4. The van der Waals surface area contributed by atoms with Gasteiger partial charge in [0.1, 0.15) is 0 Å². The number of halogens is 3. The van der Waals surface area contributed by atoms with E-state index >= 15 is 0 Å². The van der Waals surface area contributed by atoms with E-state index in [0.29, 0.717) is 31.8 Å². The summed E-state index contributed by atoms with van der Waals surface area (Å²) in [6.07, 6.45) is 9.83. The smallest absolute Gasteiger partial charge is 0.246 e. The normalized spacial score (nSPS) is 21.5. The maximum absolute atomic E-state index is 13.4. The predicted octanol–water partition coefficient (Wildman–Crippen LogP) is 5.01. The van der Waals surface area contributed by atoms with Crippen LogP contribution in [-0.2, 0) is 9.59 Å². The zero-order valence-electron chi connectivity index (χ0n) is 21.6. The van der Waals surface area contributed by atoms with Gasteiger partial charge in [0.2, 0.25) is 11.8 Å². The van der Waals surface area contributed by atoms with Crippen LogP contribution in [0.2, 0.25) is 0 Å². The van der Waals surface area contributed by atoms with Crippen molar-refractivity contribution in [2.24, 2.45) is 11.7 Å². The fraction of sp³-hybridized carbons (Fsp3) is 0.400. The molecular weight excluding hydrogens is 505 g/mol. The lowest BCUT2D eigenvalue weighted by atomic mass is 9.80. The summed E-state index contributed by atoms with van der Waals surface area (Å²) in [5, 5.41) is 4.81. The van der Waals surface area contributed by atoms with Gasteiger partial charge in [0, 0.05) is 42.3 Å². The molecule has 2 aromatic carbocycles. The third-order valence-corrected chi connectivity index (χ3v) is 8.26. The number of hydrogen-bond acceptors (Lipinski definition) is 3. The summed E-state index contributed by atoms with van der Waals surface area (Å²) >= 11 is 0. The predicted molar refractivity (Wildman–Crippen MR) is 144 cm³/mol. The van der Waals surface area contributed by atoms with E-state index in [1.165, 1.54) is 23.1 Å². The molecule has 1 saturated carbocycles. The zero-order chi connectivity index (χ0) is 27.5. The molecule has 206 valence electrons. The number of likely N-dealkylation sites (tertiary alicyclic amines) is 1. The highest BCUT2D eigenvalue weighted by Gasteiger charge is 2.34. The van der Waals surface area contributed by atoms with Gasteiger partial charge in [-0.05, 0) is 85.8 Å². The molecule has 2 aliphatic rings. The number of H-pyrrole nitrogens is 1. The van der Waals surface area contributed by atoms with Crippen LogP contribution in [0.5, 0.6) is 0 Å². The van der Waals surface area contributed by atoms with Crippen molar-refractivity contribution in [1.29, 1.82) is 0 Å². The molecule has 2 heterocycles. The highest BCUT2D eigenvalue weighted by Crippen LogP contribution is 2.37. The molecule has 4 N–H and O–H groups in total. The number of piperidine rings is 1. The molecular formula is C30H33F3N4O2. The number of nitrogens with one attached hydrogen (secondary N) is 2.